The van der Waals surface area contributed by atoms with E-state index in [0.29, 0.717) is 28.4 Å². The number of ketones is 1. The molecule has 0 aliphatic rings. The maximum atomic E-state index is 12.9. The summed E-state index contributed by atoms with van der Waals surface area (Å²) >= 11 is 0. The minimum atomic E-state index is -2.06. The Kier molecular flexibility index (Phi) is 5.81. The van der Waals surface area contributed by atoms with Crippen molar-refractivity contribution in [3.8, 4) is 17.2 Å². The molecule has 4 nitrogen and oxygen atoms in total. The maximum absolute atomic E-state index is 12.9. The predicted molar refractivity (Wildman–Crippen MR) is 107 cm³/mol. The first kappa shape index (κ1) is 20.0. The SMILES string of the molecule is COc1cccc(C(=O)c2ccc(OC)c(O[Si](C)(C)C(C)(C)C)c2)c1. The lowest BCUT2D eigenvalue weighted by molar-refractivity contribution is 0.103. The van der Waals surface area contributed by atoms with Crippen molar-refractivity contribution >= 4 is 14.1 Å². The maximum Gasteiger partial charge on any atom is 0.250 e. The second kappa shape index (κ2) is 7.54. The fraction of sp³-hybridized carbons (Fsp3) is 0.381. The molecule has 140 valence electrons. The molecule has 0 unspecified atom stereocenters. The van der Waals surface area contributed by atoms with E-state index in [0.717, 1.165) is 0 Å². The van der Waals surface area contributed by atoms with Gasteiger partial charge in [-0.05, 0) is 48.5 Å². The van der Waals surface area contributed by atoms with E-state index in [4.69, 9.17) is 13.9 Å². The first-order valence-electron chi connectivity index (χ1n) is 8.65. The topological polar surface area (TPSA) is 44.8 Å². The molecule has 0 saturated heterocycles. The van der Waals surface area contributed by atoms with Crippen LogP contribution in [0, 0.1) is 0 Å². The molecular formula is C21H28O4Si. The molecule has 0 heterocycles. The van der Waals surface area contributed by atoms with Crippen LogP contribution in [0.25, 0.3) is 0 Å². The highest BCUT2D eigenvalue weighted by Gasteiger charge is 2.39. The highest BCUT2D eigenvalue weighted by atomic mass is 28.4. The van der Waals surface area contributed by atoms with Crippen LogP contribution in [0.4, 0.5) is 0 Å². The Labute approximate surface area is 157 Å². The van der Waals surface area contributed by atoms with E-state index in [2.05, 4.69) is 33.9 Å². The van der Waals surface area contributed by atoms with Gasteiger partial charge in [-0.15, -0.1) is 0 Å². The van der Waals surface area contributed by atoms with Crippen LogP contribution in [0.1, 0.15) is 36.7 Å². The van der Waals surface area contributed by atoms with Gasteiger partial charge in [-0.1, -0.05) is 32.9 Å². The Morgan fingerprint density at radius 3 is 2.12 bits per heavy atom. The molecule has 0 aliphatic carbocycles. The first-order valence-corrected chi connectivity index (χ1v) is 11.6. The number of hydrogen-bond acceptors (Lipinski definition) is 4. The largest absolute Gasteiger partial charge is 0.541 e. The van der Waals surface area contributed by atoms with Gasteiger partial charge in [0.2, 0.25) is 0 Å². The average Bonchev–Trinajstić information content (AvgIpc) is 2.59. The van der Waals surface area contributed by atoms with Crippen molar-refractivity contribution < 1.29 is 18.7 Å². The Hall–Kier alpha value is -2.27. The van der Waals surface area contributed by atoms with Crippen LogP contribution in [0.5, 0.6) is 17.2 Å². The number of benzene rings is 2. The van der Waals surface area contributed by atoms with Crippen LogP contribution in [-0.2, 0) is 0 Å². The molecule has 0 radical (unpaired) electrons. The van der Waals surface area contributed by atoms with Gasteiger partial charge in [-0.25, -0.2) is 0 Å². The van der Waals surface area contributed by atoms with Gasteiger partial charge in [0.25, 0.3) is 8.32 Å². The number of carbonyl (C=O) groups excluding carboxylic acids is 1. The highest BCUT2D eigenvalue weighted by molar-refractivity contribution is 6.74. The number of carbonyl (C=O) groups is 1. The summed E-state index contributed by atoms with van der Waals surface area (Å²) in [5.74, 6) is 1.83. The monoisotopic (exact) mass is 372 g/mol. The molecule has 5 heteroatoms. The van der Waals surface area contributed by atoms with E-state index < -0.39 is 8.32 Å². The van der Waals surface area contributed by atoms with Crippen LogP contribution in [0.15, 0.2) is 42.5 Å². The molecule has 0 aliphatic heterocycles. The van der Waals surface area contributed by atoms with Crippen LogP contribution in [-0.4, -0.2) is 28.3 Å². The van der Waals surface area contributed by atoms with Crippen molar-refractivity contribution in [3.63, 3.8) is 0 Å². The average molecular weight is 373 g/mol. The lowest BCUT2D eigenvalue weighted by atomic mass is 10.0. The van der Waals surface area contributed by atoms with Gasteiger partial charge in [-0.2, -0.15) is 0 Å². The van der Waals surface area contributed by atoms with Gasteiger partial charge < -0.3 is 13.9 Å². The molecule has 2 aromatic rings. The highest BCUT2D eigenvalue weighted by Crippen LogP contribution is 2.40. The van der Waals surface area contributed by atoms with E-state index in [9.17, 15) is 4.79 Å². The molecule has 2 aromatic carbocycles. The normalized spacial score (nSPS) is 11.8. The summed E-state index contributed by atoms with van der Waals surface area (Å²) in [4.78, 5) is 12.9. The summed E-state index contributed by atoms with van der Waals surface area (Å²) in [7, 11) is 1.14. The molecule has 2 rings (SSSR count). The smallest absolute Gasteiger partial charge is 0.250 e. The quantitative estimate of drug-likeness (QED) is 0.508. The lowest BCUT2D eigenvalue weighted by Crippen LogP contribution is -2.44. The van der Waals surface area contributed by atoms with Gasteiger partial charge in [0.15, 0.2) is 11.5 Å². The Balaban J connectivity index is 2.41. The number of hydrogen-bond donors (Lipinski definition) is 0. The fourth-order valence-corrected chi connectivity index (χ4v) is 3.27. The predicted octanol–water partition coefficient (Wildman–Crippen LogP) is 5.32. The van der Waals surface area contributed by atoms with Crippen molar-refractivity contribution in [1.29, 1.82) is 0 Å². The Bertz CT molecular complexity index is 791. The van der Waals surface area contributed by atoms with E-state index in [1.165, 1.54) is 0 Å². The second-order valence-electron chi connectivity index (χ2n) is 7.79. The molecule has 0 amide bonds. The van der Waals surface area contributed by atoms with Crippen LogP contribution >= 0.6 is 0 Å². The summed E-state index contributed by atoms with van der Waals surface area (Å²) < 4.78 is 17.1. The number of methoxy groups -OCH3 is 2. The molecule has 0 atom stereocenters. The molecule has 0 aromatic heterocycles. The van der Waals surface area contributed by atoms with Crippen LogP contribution < -0.4 is 13.9 Å². The molecule has 0 N–H and O–H groups in total. The lowest BCUT2D eigenvalue weighted by Gasteiger charge is -2.36. The fourth-order valence-electron chi connectivity index (χ4n) is 2.26. The van der Waals surface area contributed by atoms with Gasteiger partial charge in [0, 0.05) is 11.1 Å². The summed E-state index contributed by atoms with van der Waals surface area (Å²) in [6, 6.07) is 12.5. The molecule has 0 spiro atoms. The molecule has 26 heavy (non-hydrogen) atoms. The third kappa shape index (κ3) is 4.27. The van der Waals surface area contributed by atoms with Gasteiger partial charge in [0.1, 0.15) is 11.5 Å². The molecule has 0 bridgehead atoms. The minimum absolute atomic E-state index is 0.0464. The summed E-state index contributed by atoms with van der Waals surface area (Å²) in [5, 5.41) is 0.0464. The standard InChI is InChI=1S/C21H28O4Si/c1-21(2,3)26(6,7)25-19-14-16(11-12-18(19)24-5)20(22)15-9-8-10-17(13-15)23-4/h8-14H,1-7H3. The Morgan fingerprint density at radius 2 is 1.54 bits per heavy atom. The first-order chi connectivity index (χ1) is 12.1. The zero-order chi connectivity index (χ0) is 19.5. The van der Waals surface area contributed by atoms with Gasteiger partial charge in [0.05, 0.1) is 14.2 Å². The summed E-state index contributed by atoms with van der Waals surface area (Å²) in [6.07, 6.45) is 0. The van der Waals surface area contributed by atoms with Crippen molar-refractivity contribution in [3.05, 3.63) is 53.6 Å². The van der Waals surface area contributed by atoms with Crippen molar-refractivity contribution in [2.75, 3.05) is 14.2 Å². The van der Waals surface area contributed by atoms with Crippen molar-refractivity contribution in [1.82, 2.24) is 0 Å². The van der Waals surface area contributed by atoms with Crippen LogP contribution in [0.3, 0.4) is 0 Å². The van der Waals surface area contributed by atoms with E-state index in [-0.39, 0.29) is 10.8 Å². The van der Waals surface area contributed by atoms with E-state index in [1.807, 2.05) is 12.1 Å². The molecular weight excluding hydrogens is 344 g/mol. The molecule has 0 saturated carbocycles. The minimum Gasteiger partial charge on any atom is -0.541 e. The zero-order valence-electron chi connectivity index (χ0n) is 16.7. The van der Waals surface area contributed by atoms with Crippen LogP contribution in [0.2, 0.25) is 18.1 Å². The second-order valence-corrected chi connectivity index (χ2v) is 12.5. The van der Waals surface area contributed by atoms with Crippen molar-refractivity contribution in [2.45, 2.75) is 38.9 Å². The third-order valence-corrected chi connectivity index (χ3v) is 9.27. The van der Waals surface area contributed by atoms with E-state index in [1.54, 1.807) is 44.6 Å². The van der Waals surface area contributed by atoms with Gasteiger partial charge >= 0.3 is 0 Å². The zero-order valence-corrected chi connectivity index (χ0v) is 17.7. The van der Waals surface area contributed by atoms with Gasteiger partial charge in [-0.3, -0.25) is 4.79 Å². The number of rotatable bonds is 6. The van der Waals surface area contributed by atoms with Crippen molar-refractivity contribution in [2.24, 2.45) is 0 Å². The number of ether oxygens (including phenoxy) is 2. The third-order valence-electron chi connectivity index (χ3n) is 4.93. The summed E-state index contributed by atoms with van der Waals surface area (Å²) in [6.45, 7) is 10.9. The Morgan fingerprint density at radius 1 is 0.885 bits per heavy atom. The van der Waals surface area contributed by atoms with E-state index >= 15 is 0 Å². The summed E-state index contributed by atoms with van der Waals surface area (Å²) in [5.41, 5.74) is 1.14. The molecule has 0 fully saturated rings.